The Morgan fingerprint density at radius 3 is 2.62 bits per heavy atom. The summed E-state index contributed by atoms with van der Waals surface area (Å²) in [5, 5.41) is 10.4. The Bertz CT molecular complexity index is 1510. The zero-order valence-electron chi connectivity index (χ0n) is 15.6. The quantitative estimate of drug-likeness (QED) is 0.421. The van der Waals surface area contributed by atoms with E-state index in [4.69, 9.17) is 9.40 Å². The van der Waals surface area contributed by atoms with E-state index < -0.39 is 0 Å². The Labute approximate surface area is 165 Å². The van der Waals surface area contributed by atoms with E-state index >= 15 is 0 Å². The first kappa shape index (κ1) is 15.9. The molecule has 0 spiro atoms. The van der Waals surface area contributed by atoms with Crippen molar-refractivity contribution >= 4 is 33.2 Å². The molecule has 29 heavy (non-hydrogen) atoms. The summed E-state index contributed by atoms with van der Waals surface area (Å²) in [6, 6.07) is 22.1. The first-order valence-electron chi connectivity index (χ1n) is 9.34. The van der Waals surface area contributed by atoms with Gasteiger partial charge in [-0.25, -0.2) is 9.97 Å². The lowest BCUT2D eigenvalue weighted by atomic mass is 10.1. The molecule has 6 heteroatoms. The number of fused-ring (bicyclic) bond motifs is 4. The Balaban J connectivity index is 1.73. The summed E-state index contributed by atoms with van der Waals surface area (Å²) in [5.74, 6) is 0.757. The number of hydrogen-bond donors (Lipinski definition) is 0. The predicted molar refractivity (Wildman–Crippen MR) is 112 cm³/mol. The van der Waals surface area contributed by atoms with Gasteiger partial charge in [0.1, 0.15) is 11.1 Å². The molecule has 0 radical (unpaired) electrons. The van der Waals surface area contributed by atoms with E-state index in [2.05, 4.69) is 27.3 Å². The average Bonchev–Trinajstić information content (AvgIpc) is 3.32. The number of furan rings is 1. The van der Waals surface area contributed by atoms with Gasteiger partial charge < -0.3 is 4.42 Å². The molecule has 0 N–H and O–H groups in total. The fourth-order valence-corrected chi connectivity index (χ4v) is 3.78. The summed E-state index contributed by atoms with van der Waals surface area (Å²) in [6.45, 7) is 1.96. The molecule has 6 nitrogen and oxygen atoms in total. The zero-order valence-corrected chi connectivity index (χ0v) is 15.6. The number of imidazole rings is 1. The van der Waals surface area contributed by atoms with Crippen LogP contribution in [-0.2, 0) is 0 Å². The van der Waals surface area contributed by atoms with Gasteiger partial charge in [0.05, 0.1) is 11.8 Å². The van der Waals surface area contributed by atoms with E-state index in [1.807, 2.05) is 66.1 Å². The van der Waals surface area contributed by atoms with E-state index in [0.717, 1.165) is 44.6 Å². The maximum absolute atomic E-state index is 6.21. The molecular formula is C23H15N5O. The molecule has 0 unspecified atom stereocenters. The fourth-order valence-electron chi connectivity index (χ4n) is 3.78. The van der Waals surface area contributed by atoms with Crippen LogP contribution in [0, 0.1) is 6.92 Å². The van der Waals surface area contributed by atoms with Crippen molar-refractivity contribution in [3.63, 3.8) is 0 Å². The molecule has 0 saturated carbocycles. The van der Waals surface area contributed by atoms with Gasteiger partial charge in [-0.3, -0.25) is 4.57 Å². The molecule has 6 aromatic rings. The second-order valence-electron chi connectivity index (χ2n) is 6.94. The summed E-state index contributed by atoms with van der Waals surface area (Å²) >= 11 is 0. The zero-order chi connectivity index (χ0) is 19.4. The third kappa shape index (κ3) is 2.36. The lowest BCUT2D eigenvalue weighted by Gasteiger charge is -2.08. The molecule has 0 amide bonds. The van der Waals surface area contributed by atoms with Gasteiger partial charge in [-0.1, -0.05) is 30.3 Å². The van der Waals surface area contributed by atoms with Crippen LogP contribution < -0.4 is 0 Å². The second kappa shape index (κ2) is 5.97. The predicted octanol–water partition coefficient (Wildman–Crippen LogP) is 5.09. The molecule has 6 rings (SSSR count). The lowest BCUT2D eigenvalue weighted by molar-refractivity contribution is 0.653. The minimum absolute atomic E-state index is 0.634. The number of nitrogens with zero attached hydrogens (tertiary/aromatic N) is 5. The average molecular weight is 377 g/mol. The van der Waals surface area contributed by atoms with E-state index in [1.54, 1.807) is 6.20 Å². The van der Waals surface area contributed by atoms with Crippen LogP contribution in [0.2, 0.25) is 0 Å². The molecule has 2 aromatic carbocycles. The van der Waals surface area contributed by atoms with E-state index in [1.165, 1.54) is 0 Å². The number of aryl methyl sites for hydroxylation is 1. The van der Waals surface area contributed by atoms with Crippen molar-refractivity contribution in [2.45, 2.75) is 6.92 Å². The van der Waals surface area contributed by atoms with E-state index in [0.29, 0.717) is 11.4 Å². The highest BCUT2D eigenvalue weighted by atomic mass is 16.3. The van der Waals surface area contributed by atoms with E-state index in [9.17, 15) is 0 Å². The van der Waals surface area contributed by atoms with Crippen molar-refractivity contribution in [1.29, 1.82) is 0 Å². The van der Waals surface area contributed by atoms with Crippen LogP contribution >= 0.6 is 0 Å². The number of benzene rings is 2. The topological polar surface area (TPSA) is 69.6 Å². The Kier molecular flexibility index (Phi) is 3.28. The number of pyridine rings is 1. The number of aromatic nitrogens is 5. The molecule has 0 aliphatic rings. The first-order chi connectivity index (χ1) is 14.3. The molecule has 0 bridgehead atoms. The van der Waals surface area contributed by atoms with Gasteiger partial charge in [0, 0.05) is 22.2 Å². The van der Waals surface area contributed by atoms with Crippen molar-refractivity contribution < 1.29 is 4.42 Å². The molecule has 0 aliphatic carbocycles. The van der Waals surface area contributed by atoms with Gasteiger partial charge in [0.25, 0.3) is 0 Å². The number of hydrogen-bond acceptors (Lipinski definition) is 5. The Hall–Kier alpha value is -4.06. The molecule has 4 aromatic heterocycles. The smallest absolute Gasteiger partial charge is 0.227 e. The molecular weight excluding hydrogens is 362 g/mol. The van der Waals surface area contributed by atoms with Crippen LogP contribution in [-0.4, -0.2) is 24.7 Å². The highest BCUT2D eigenvalue weighted by molar-refractivity contribution is 6.08. The van der Waals surface area contributed by atoms with Gasteiger partial charge in [0.15, 0.2) is 11.5 Å². The number of para-hydroxylation sites is 2. The van der Waals surface area contributed by atoms with Crippen molar-refractivity contribution in [2.24, 2.45) is 0 Å². The highest BCUT2D eigenvalue weighted by Gasteiger charge is 2.20. The monoisotopic (exact) mass is 377 g/mol. The second-order valence-corrected chi connectivity index (χ2v) is 6.94. The van der Waals surface area contributed by atoms with Gasteiger partial charge in [-0.05, 0) is 43.3 Å². The van der Waals surface area contributed by atoms with Crippen LogP contribution in [0.3, 0.4) is 0 Å². The molecule has 4 heterocycles. The number of rotatable bonds is 2. The third-order valence-electron chi connectivity index (χ3n) is 5.09. The van der Waals surface area contributed by atoms with Gasteiger partial charge in [-0.15, -0.1) is 5.10 Å². The minimum atomic E-state index is 0.634. The van der Waals surface area contributed by atoms with Crippen LogP contribution in [0.15, 0.2) is 77.3 Å². The van der Waals surface area contributed by atoms with Gasteiger partial charge in [0.2, 0.25) is 5.71 Å². The standard InChI is InChI=1S/C23H15N5O/c1-14-10-11-17-16-8-5-9-18(20(16)29-23(17)25-14)21-26-19-12-13-24-27-22(19)28(21)15-6-3-2-4-7-15/h2-13H,1H3. The largest absolute Gasteiger partial charge is 0.437 e. The summed E-state index contributed by atoms with van der Waals surface area (Å²) in [7, 11) is 0. The molecule has 0 fully saturated rings. The van der Waals surface area contributed by atoms with Crippen molar-refractivity contribution in [3.05, 3.63) is 78.6 Å². The van der Waals surface area contributed by atoms with Crippen LogP contribution in [0.1, 0.15) is 5.69 Å². The maximum Gasteiger partial charge on any atom is 0.227 e. The third-order valence-corrected chi connectivity index (χ3v) is 5.09. The molecule has 0 aliphatic heterocycles. The van der Waals surface area contributed by atoms with Crippen LogP contribution in [0.5, 0.6) is 0 Å². The van der Waals surface area contributed by atoms with Crippen LogP contribution in [0.4, 0.5) is 0 Å². The Morgan fingerprint density at radius 1 is 0.828 bits per heavy atom. The van der Waals surface area contributed by atoms with Crippen LogP contribution in [0.25, 0.3) is 50.3 Å². The molecule has 138 valence electrons. The first-order valence-corrected chi connectivity index (χ1v) is 9.34. The van der Waals surface area contributed by atoms with E-state index in [-0.39, 0.29) is 0 Å². The Morgan fingerprint density at radius 2 is 1.72 bits per heavy atom. The van der Waals surface area contributed by atoms with Crippen molar-refractivity contribution in [1.82, 2.24) is 24.7 Å². The normalized spacial score (nSPS) is 11.6. The summed E-state index contributed by atoms with van der Waals surface area (Å²) in [5.41, 5.74) is 5.66. The summed E-state index contributed by atoms with van der Waals surface area (Å²) in [4.78, 5) is 9.43. The fraction of sp³-hybridized carbons (Fsp3) is 0.0435. The molecule has 0 saturated heterocycles. The van der Waals surface area contributed by atoms with Gasteiger partial charge >= 0.3 is 0 Å². The lowest BCUT2D eigenvalue weighted by Crippen LogP contribution is -1.99. The van der Waals surface area contributed by atoms with Gasteiger partial charge in [-0.2, -0.15) is 5.10 Å². The van der Waals surface area contributed by atoms with Crippen molar-refractivity contribution in [2.75, 3.05) is 0 Å². The highest BCUT2D eigenvalue weighted by Crippen LogP contribution is 2.36. The minimum Gasteiger partial charge on any atom is -0.437 e. The SMILES string of the molecule is Cc1ccc2c(n1)oc1c(-c3nc4ccnnc4n3-c3ccccc3)cccc12. The summed E-state index contributed by atoms with van der Waals surface area (Å²) in [6.07, 6.45) is 1.66. The maximum atomic E-state index is 6.21. The van der Waals surface area contributed by atoms with Crippen molar-refractivity contribution in [3.8, 4) is 17.1 Å². The summed E-state index contributed by atoms with van der Waals surface area (Å²) < 4.78 is 8.22. The molecule has 0 atom stereocenters.